The number of carbonyl (C=O) groups excluding carboxylic acids is 2. The maximum Gasteiger partial charge on any atom is 0.262 e. The molecule has 2 atom stereocenters. The topological polar surface area (TPSA) is 100 Å². The summed E-state index contributed by atoms with van der Waals surface area (Å²) in [6.45, 7) is 13.7. The van der Waals surface area contributed by atoms with Gasteiger partial charge in [-0.15, -0.1) is 0 Å². The first-order valence-corrected chi connectivity index (χ1v) is 14.5. The van der Waals surface area contributed by atoms with Crippen LogP contribution in [0.25, 0.3) is 0 Å². The SMILES string of the molecule is C[C@H](Oc1ccc(Cl)cc1Cl)C(=O)N[C@H](Cc1ccccc1)C(=O)N/N=C\c1cc(C(C)(C)C)c(O)c(C(C)(C)C)c1. The van der Waals surface area contributed by atoms with Crippen molar-refractivity contribution in [3.63, 3.8) is 0 Å². The molecule has 42 heavy (non-hydrogen) atoms. The van der Waals surface area contributed by atoms with E-state index in [0.29, 0.717) is 10.8 Å². The summed E-state index contributed by atoms with van der Waals surface area (Å²) in [5.74, 6) is -0.427. The molecule has 0 spiro atoms. The molecule has 0 unspecified atom stereocenters. The van der Waals surface area contributed by atoms with Crippen LogP contribution < -0.4 is 15.5 Å². The van der Waals surface area contributed by atoms with E-state index in [1.807, 2.05) is 84.0 Å². The molecule has 0 aromatic heterocycles. The number of hydrogen-bond acceptors (Lipinski definition) is 5. The van der Waals surface area contributed by atoms with Crippen molar-refractivity contribution in [2.45, 2.75) is 77.9 Å². The van der Waals surface area contributed by atoms with Gasteiger partial charge in [-0.25, -0.2) is 5.43 Å². The van der Waals surface area contributed by atoms with E-state index in [2.05, 4.69) is 15.8 Å². The summed E-state index contributed by atoms with van der Waals surface area (Å²) in [5, 5.41) is 18.7. The number of benzene rings is 3. The smallest absolute Gasteiger partial charge is 0.262 e. The van der Waals surface area contributed by atoms with Crippen LogP contribution in [0, 0.1) is 0 Å². The van der Waals surface area contributed by atoms with Crippen LogP contribution in [0.1, 0.15) is 70.7 Å². The van der Waals surface area contributed by atoms with Crippen LogP contribution in [0.2, 0.25) is 10.0 Å². The highest BCUT2D eigenvalue weighted by atomic mass is 35.5. The summed E-state index contributed by atoms with van der Waals surface area (Å²) < 4.78 is 5.73. The summed E-state index contributed by atoms with van der Waals surface area (Å²) in [6, 6.07) is 16.9. The Morgan fingerprint density at radius 3 is 2.07 bits per heavy atom. The second kappa shape index (κ2) is 13.6. The van der Waals surface area contributed by atoms with Crippen molar-refractivity contribution >= 4 is 41.2 Å². The van der Waals surface area contributed by atoms with Gasteiger partial charge >= 0.3 is 0 Å². The van der Waals surface area contributed by atoms with Crippen LogP contribution >= 0.6 is 23.2 Å². The molecule has 3 aromatic carbocycles. The molecular weight excluding hydrogens is 573 g/mol. The predicted octanol–water partition coefficient (Wildman–Crippen LogP) is 6.94. The van der Waals surface area contributed by atoms with Crippen LogP contribution in [0.5, 0.6) is 11.5 Å². The molecule has 0 fully saturated rings. The van der Waals surface area contributed by atoms with Crippen LogP contribution in [0.4, 0.5) is 0 Å². The number of hydrazone groups is 1. The number of hydrogen-bond donors (Lipinski definition) is 3. The van der Waals surface area contributed by atoms with E-state index in [1.165, 1.54) is 12.3 Å². The quantitative estimate of drug-likeness (QED) is 0.180. The highest BCUT2D eigenvalue weighted by molar-refractivity contribution is 6.35. The highest BCUT2D eigenvalue weighted by Crippen LogP contribution is 2.39. The number of nitrogens with one attached hydrogen (secondary N) is 2. The van der Waals surface area contributed by atoms with E-state index in [-0.39, 0.29) is 28.0 Å². The van der Waals surface area contributed by atoms with E-state index in [4.69, 9.17) is 27.9 Å². The third kappa shape index (κ3) is 8.97. The van der Waals surface area contributed by atoms with E-state index in [1.54, 1.807) is 19.1 Å². The molecule has 9 heteroatoms. The Morgan fingerprint density at radius 1 is 0.929 bits per heavy atom. The Hall–Kier alpha value is -3.55. The molecule has 0 aliphatic rings. The highest BCUT2D eigenvalue weighted by Gasteiger charge is 2.27. The minimum absolute atomic E-state index is 0.240. The molecule has 224 valence electrons. The lowest BCUT2D eigenvalue weighted by Crippen LogP contribution is -2.50. The van der Waals surface area contributed by atoms with E-state index in [0.717, 1.165) is 22.3 Å². The second-order valence-electron chi connectivity index (χ2n) is 12.3. The second-order valence-corrected chi connectivity index (χ2v) is 13.1. The van der Waals surface area contributed by atoms with Gasteiger partial charge in [0.25, 0.3) is 11.8 Å². The van der Waals surface area contributed by atoms with Crippen LogP contribution in [0.15, 0.2) is 65.8 Å². The minimum Gasteiger partial charge on any atom is -0.507 e. The van der Waals surface area contributed by atoms with Crippen molar-refractivity contribution in [3.05, 3.63) is 93.0 Å². The monoisotopic (exact) mass is 611 g/mol. The lowest BCUT2D eigenvalue weighted by atomic mass is 9.78. The van der Waals surface area contributed by atoms with E-state index >= 15 is 0 Å². The van der Waals surface area contributed by atoms with Gasteiger partial charge in [0, 0.05) is 22.6 Å². The number of aromatic hydroxyl groups is 1. The molecule has 3 rings (SSSR count). The number of ether oxygens (including phenoxy) is 1. The fourth-order valence-corrected chi connectivity index (χ4v) is 4.74. The van der Waals surface area contributed by atoms with Crippen molar-refractivity contribution in [1.29, 1.82) is 0 Å². The Balaban J connectivity index is 1.80. The molecule has 7 nitrogen and oxygen atoms in total. The van der Waals surface area contributed by atoms with Gasteiger partial charge in [-0.05, 0) is 59.2 Å². The minimum atomic E-state index is -0.943. The zero-order valence-electron chi connectivity index (χ0n) is 25.1. The summed E-state index contributed by atoms with van der Waals surface area (Å²) >= 11 is 12.1. The fourth-order valence-electron chi connectivity index (χ4n) is 4.29. The summed E-state index contributed by atoms with van der Waals surface area (Å²) in [7, 11) is 0. The number of carbonyl (C=O) groups is 2. The third-order valence-electron chi connectivity index (χ3n) is 6.62. The van der Waals surface area contributed by atoms with Gasteiger partial charge in [-0.3, -0.25) is 9.59 Å². The molecule has 3 aromatic rings. The molecule has 0 bridgehead atoms. The normalized spacial score (nSPS) is 13.5. The van der Waals surface area contributed by atoms with Crippen LogP contribution in [-0.2, 0) is 26.8 Å². The molecule has 0 aliphatic carbocycles. The van der Waals surface area contributed by atoms with E-state index < -0.39 is 24.0 Å². The summed E-state index contributed by atoms with van der Waals surface area (Å²) in [6.07, 6.45) is 0.836. The Labute approximate surface area is 258 Å². The molecule has 3 N–H and O–H groups in total. The number of nitrogens with zero attached hydrogens (tertiary/aromatic N) is 1. The average Bonchev–Trinajstić information content (AvgIpc) is 2.89. The van der Waals surface area contributed by atoms with Crippen molar-refractivity contribution < 1.29 is 19.4 Å². The van der Waals surface area contributed by atoms with Crippen molar-refractivity contribution in [2.75, 3.05) is 0 Å². The lowest BCUT2D eigenvalue weighted by molar-refractivity contribution is -0.132. The van der Waals surface area contributed by atoms with Gasteiger partial charge in [0.2, 0.25) is 0 Å². The molecule has 0 aliphatic heterocycles. The zero-order valence-corrected chi connectivity index (χ0v) is 26.6. The van der Waals surface area contributed by atoms with Gasteiger partial charge in [-0.1, -0.05) is 95.1 Å². The van der Waals surface area contributed by atoms with Gasteiger partial charge in [-0.2, -0.15) is 5.10 Å². The first-order valence-electron chi connectivity index (χ1n) is 13.7. The van der Waals surface area contributed by atoms with Crippen molar-refractivity contribution in [2.24, 2.45) is 5.10 Å². The Bertz CT molecular complexity index is 1410. The number of amides is 2. The molecule has 0 heterocycles. The van der Waals surface area contributed by atoms with Crippen LogP contribution in [-0.4, -0.2) is 35.3 Å². The number of halogens is 2. The predicted molar refractivity (Wildman–Crippen MR) is 170 cm³/mol. The molecule has 0 saturated carbocycles. The standard InChI is InChI=1S/C33H39Cl2N3O4/c1-20(42-28-14-13-23(34)18-26(28)35)30(40)37-27(17-21-11-9-8-10-12-21)31(41)38-36-19-22-15-24(32(2,3)4)29(39)25(16-22)33(5,6)7/h8-16,18-20,27,39H,17H2,1-7H3,(H,37,40)(H,38,41)/b36-19-/t20-,27+/m0/s1. The largest absolute Gasteiger partial charge is 0.507 e. The third-order valence-corrected chi connectivity index (χ3v) is 7.15. The number of phenols is 1. The Kier molecular flexibility index (Phi) is 10.7. The fraction of sp³-hybridized carbons (Fsp3) is 0.364. The lowest BCUT2D eigenvalue weighted by Gasteiger charge is -2.27. The molecule has 0 saturated heterocycles. The maximum atomic E-state index is 13.3. The summed E-state index contributed by atoms with van der Waals surface area (Å²) in [5.41, 5.74) is 5.11. The number of phenolic OH excluding ortho intramolecular Hbond substituents is 1. The van der Waals surface area contributed by atoms with Crippen molar-refractivity contribution in [3.8, 4) is 11.5 Å². The molecule has 2 amide bonds. The van der Waals surface area contributed by atoms with Gasteiger partial charge < -0.3 is 15.2 Å². The maximum absolute atomic E-state index is 13.3. The van der Waals surface area contributed by atoms with Gasteiger partial charge in [0.05, 0.1) is 11.2 Å². The first kappa shape index (κ1) is 33.0. The number of rotatable bonds is 9. The zero-order chi connectivity index (χ0) is 31.2. The average molecular weight is 613 g/mol. The van der Waals surface area contributed by atoms with Gasteiger partial charge in [0.15, 0.2) is 6.10 Å². The van der Waals surface area contributed by atoms with Crippen molar-refractivity contribution in [1.82, 2.24) is 10.7 Å². The Morgan fingerprint density at radius 2 is 1.52 bits per heavy atom. The molecule has 0 radical (unpaired) electrons. The molecular formula is C33H39Cl2N3O4. The summed E-state index contributed by atoms with van der Waals surface area (Å²) in [4.78, 5) is 26.4. The van der Waals surface area contributed by atoms with Crippen LogP contribution in [0.3, 0.4) is 0 Å². The van der Waals surface area contributed by atoms with E-state index in [9.17, 15) is 14.7 Å². The van der Waals surface area contributed by atoms with Gasteiger partial charge in [0.1, 0.15) is 17.5 Å². The first-order chi connectivity index (χ1) is 19.6.